The zero-order chi connectivity index (χ0) is 24.9. The van der Waals surface area contributed by atoms with Crippen LogP contribution in [0.15, 0.2) is 88.5 Å². The molecule has 36 heavy (non-hydrogen) atoms. The van der Waals surface area contributed by atoms with Crippen molar-refractivity contribution in [2.75, 3.05) is 13.1 Å². The Bertz CT molecular complexity index is 1350. The second kappa shape index (κ2) is 10.4. The van der Waals surface area contributed by atoms with E-state index in [1.807, 2.05) is 54.3 Å². The second-order valence-electron chi connectivity index (χ2n) is 8.86. The highest BCUT2D eigenvalue weighted by molar-refractivity contribution is 5.98. The van der Waals surface area contributed by atoms with Gasteiger partial charge in [0.05, 0.1) is 11.6 Å². The maximum atomic E-state index is 7.58. The Balaban J connectivity index is 1.17. The number of hydrogen-bond acceptors (Lipinski definition) is 6. The van der Waals surface area contributed by atoms with Crippen molar-refractivity contribution in [1.29, 1.82) is 5.41 Å². The number of oxime groups is 1. The van der Waals surface area contributed by atoms with Crippen LogP contribution in [0.2, 0.25) is 0 Å². The van der Waals surface area contributed by atoms with Gasteiger partial charge in [0.2, 0.25) is 11.7 Å². The Kier molecular flexibility index (Phi) is 6.75. The minimum atomic E-state index is 0.0785. The van der Waals surface area contributed by atoms with Gasteiger partial charge in [0.25, 0.3) is 0 Å². The molecule has 3 aromatic carbocycles. The topological polar surface area (TPSA) is 114 Å². The number of nitrogens with one attached hydrogen (secondary N) is 1. The Morgan fingerprint density at radius 2 is 1.72 bits per heavy atom. The number of nitrogens with two attached hydrogens (primary N) is 1. The van der Waals surface area contributed by atoms with Gasteiger partial charge >= 0.3 is 0 Å². The largest absolute Gasteiger partial charge is 0.391 e. The minimum absolute atomic E-state index is 0.0785. The predicted molar refractivity (Wildman–Crippen MR) is 139 cm³/mol. The molecule has 1 aliphatic rings. The summed E-state index contributed by atoms with van der Waals surface area (Å²) in [5.41, 5.74) is 11.6. The van der Waals surface area contributed by atoms with Crippen LogP contribution < -0.4 is 5.73 Å². The third kappa shape index (κ3) is 5.27. The molecule has 182 valence electrons. The van der Waals surface area contributed by atoms with Crippen LogP contribution in [0.25, 0.3) is 22.5 Å². The van der Waals surface area contributed by atoms with Crippen molar-refractivity contribution < 1.29 is 9.36 Å². The molecule has 0 saturated carbocycles. The normalized spacial score (nSPS) is 15.8. The summed E-state index contributed by atoms with van der Waals surface area (Å²) < 4.78 is 5.49. The molecular formula is C28H28N6O2. The molecule has 2 heterocycles. The van der Waals surface area contributed by atoms with E-state index in [0.29, 0.717) is 24.9 Å². The fourth-order valence-electron chi connectivity index (χ4n) is 4.24. The lowest BCUT2D eigenvalue weighted by Crippen LogP contribution is -2.34. The first-order valence-corrected chi connectivity index (χ1v) is 11.9. The number of benzene rings is 3. The first-order valence-electron chi connectivity index (χ1n) is 11.9. The molecule has 8 heteroatoms. The lowest BCUT2D eigenvalue weighted by molar-refractivity contribution is 0.130. The number of guanidine groups is 1. The van der Waals surface area contributed by atoms with E-state index in [-0.39, 0.29) is 11.9 Å². The summed E-state index contributed by atoms with van der Waals surface area (Å²) in [6.45, 7) is 3.67. The lowest BCUT2D eigenvalue weighted by Gasteiger charge is -2.14. The van der Waals surface area contributed by atoms with Gasteiger partial charge in [-0.15, -0.1) is 0 Å². The molecular weight excluding hydrogens is 452 g/mol. The van der Waals surface area contributed by atoms with E-state index < -0.39 is 0 Å². The Hall–Kier alpha value is -4.46. The Morgan fingerprint density at radius 1 is 1.03 bits per heavy atom. The standard InChI is InChI=1S/C28H28N6O2/c1-19(32-35-18-20-7-9-23(10-8-20)22-5-3-2-4-6-22)21-11-13-24(14-12-21)26-31-27(36-33-26)25-15-16-34(17-25)28(29)30/h2-14,25H,15-18H2,1H3,(H3,29,30)/t25-/m1/s1. The number of nitrogens with zero attached hydrogens (tertiary/aromatic N) is 4. The van der Waals surface area contributed by atoms with Crippen LogP contribution in [0.4, 0.5) is 0 Å². The first-order chi connectivity index (χ1) is 17.6. The monoisotopic (exact) mass is 480 g/mol. The third-order valence-corrected chi connectivity index (χ3v) is 6.37. The van der Waals surface area contributed by atoms with Crippen molar-refractivity contribution >= 4 is 11.7 Å². The van der Waals surface area contributed by atoms with Crippen LogP contribution in [0, 0.1) is 5.41 Å². The van der Waals surface area contributed by atoms with E-state index in [1.54, 1.807) is 0 Å². The van der Waals surface area contributed by atoms with Crippen LogP contribution in [0.5, 0.6) is 0 Å². The maximum Gasteiger partial charge on any atom is 0.231 e. The summed E-state index contributed by atoms with van der Waals surface area (Å²) in [4.78, 5) is 12.0. The van der Waals surface area contributed by atoms with Gasteiger partial charge in [-0.05, 0) is 35.6 Å². The quantitative estimate of drug-likeness (QED) is 0.218. The fourth-order valence-corrected chi connectivity index (χ4v) is 4.24. The number of rotatable bonds is 7. The molecule has 1 aliphatic heterocycles. The van der Waals surface area contributed by atoms with E-state index in [9.17, 15) is 0 Å². The SMILES string of the molecule is CC(=NOCc1ccc(-c2ccccc2)cc1)c1ccc(-c2noc([C@@H]3CCN(C(=N)N)C3)n2)cc1. The molecule has 0 amide bonds. The van der Waals surface area contributed by atoms with E-state index in [4.69, 9.17) is 20.5 Å². The van der Waals surface area contributed by atoms with Gasteiger partial charge in [0, 0.05) is 18.7 Å². The summed E-state index contributed by atoms with van der Waals surface area (Å²) in [7, 11) is 0. The minimum Gasteiger partial charge on any atom is -0.391 e. The van der Waals surface area contributed by atoms with Gasteiger partial charge in [0.15, 0.2) is 5.96 Å². The van der Waals surface area contributed by atoms with Gasteiger partial charge in [-0.1, -0.05) is 89.2 Å². The zero-order valence-electron chi connectivity index (χ0n) is 20.1. The molecule has 0 unspecified atom stereocenters. The summed E-state index contributed by atoms with van der Waals surface area (Å²) in [5, 5.41) is 16.0. The molecule has 1 aromatic heterocycles. The smallest absolute Gasteiger partial charge is 0.231 e. The van der Waals surface area contributed by atoms with Crippen molar-refractivity contribution in [3.05, 3.63) is 95.9 Å². The molecule has 8 nitrogen and oxygen atoms in total. The van der Waals surface area contributed by atoms with E-state index in [2.05, 4.69) is 51.7 Å². The van der Waals surface area contributed by atoms with Gasteiger partial charge in [0.1, 0.15) is 6.61 Å². The van der Waals surface area contributed by atoms with Crippen LogP contribution in [-0.4, -0.2) is 39.8 Å². The molecule has 0 radical (unpaired) electrons. The average molecular weight is 481 g/mol. The predicted octanol–water partition coefficient (Wildman–Crippen LogP) is 5.03. The van der Waals surface area contributed by atoms with Gasteiger partial charge in [-0.25, -0.2) is 0 Å². The van der Waals surface area contributed by atoms with Gasteiger partial charge < -0.3 is 20.0 Å². The number of hydrogen-bond donors (Lipinski definition) is 2. The van der Waals surface area contributed by atoms with E-state index in [0.717, 1.165) is 35.4 Å². The number of aromatic nitrogens is 2. The van der Waals surface area contributed by atoms with Crippen LogP contribution in [0.3, 0.4) is 0 Å². The molecule has 1 atom stereocenters. The maximum absolute atomic E-state index is 7.58. The highest BCUT2D eigenvalue weighted by Gasteiger charge is 2.29. The van der Waals surface area contributed by atoms with Crippen molar-refractivity contribution in [3.8, 4) is 22.5 Å². The highest BCUT2D eigenvalue weighted by atomic mass is 16.6. The van der Waals surface area contributed by atoms with E-state index >= 15 is 0 Å². The summed E-state index contributed by atoms with van der Waals surface area (Å²) in [5.74, 6) is 1.30. The summed E-state index contributed by atoms with van der Waals surface area (Å²) >= 11 is 0. The number of likely N-dealkylation sites (tertiary alicyclic amines) is 1. The molecule has 1 saturated heterocycles. The molecule has 0 spiro atoms. The van der Waals surface area contributed by atoms with Crippen molar-refractivity contribution in [1.82, 2.24) is 15.0 Å². The molecule has 3 N–H and O–H groups in total. The van der Waals surface area contributed by atoms with E-state index in [1.165, 1.54) is 11.1 Å². The summed E-state index contributed by atoms with van der Waals surface area (Å²) in [6.07, 6.45) is 0.840. The van der Waals surface area contributed by atoms with Crippen LogP contribution >= 0.6 is 0 Å². The average Bonchev–Trinajstić information content (AvgIpc) is 3.60. The zero-order valence-corrected chi connectivity index (χ0v) is 20.1. The first kappa shape index (κ1) is 23.3. The van der Waals surface area contributed by atoms with Crippen molar-refractivity contribution in [3.63, 3.8) is 0 Å². The molecule has 0 aliphatic carbocycles. The summed E-state index contributed by atoms with van der Waals surface area (Å²) in [6, 6.07) is 26.4. The van der Waals surface area contributed by atoms with Crippen molar-refractivity contribution in [2.24, 2.45) is 10.9 Å². The van der Waals surface area contributed by atoms with Crippen LogP contribution in [-0.2, 0) is 11.4 Å². The van der Waals surface area contributed by atoms with Crippen molar-refractivity contribution in [2.45, 2.75) is 25.9 Å². The fraction of sp³-hybridized carbons (Fsp3) is 0.214. The van der Waals surface area contributed by atoms with Crippen LogP contribution in [0.1, 0.15) is 36.3 Å². The van der Waals surface area contributed by atoms with Gasteiger partial charge in [-0.3, -0.25) is 5.41 Å². The molecule has 1 fully saturated rings. The Labute approximate surface area is 209 Å². The molecule has 4 aromatic rings. The molecule has 0 bridgehead atoms. The highest BCUT2D eigenvalue weighted by Crippen LogP contribution is 2.27. The third-order valence-electron chi connectivity index (χ3n) is 6.37. The van der Waals surface area contributed by atoms with Gasteiger partial charge in [-0.2, -0.15) is 4.98 Å². The lowest BCUT2D eigenvalue weighted by atomic mass is 10.0. The Morgan fingerprint density at radius 3 is 2.42 bits per heavy atom. The molecule has 5 rings (SSSR count). The second-order valence-corrected chi connectivity index (χ2v) is 8.86.